The molecule has 27 heavy (non-hydrogen) atoms. The van der Waals surface area contributed by atoms with E-state index in [0.717, 1.165) is 54.4 Å². The zero-order chi connectivity index (χ0) is 18.4. The number of fused-ring (bicyclic) bond motifs is 2. The highest BCUT2D eigenvalue weighted by Crippen LogP contribution is 2.33. The fourth-order valence-electron chi connectivity index (χ4n) is 4.03. The fraction of sp³-hybridized carbons (Fsp3) is 0.333. The summed E-state index contributed by atoms with van der Waals surface area (Å²) in [7, 11) is 0. The van der Waals surface area contributed by atoms with Gasteiger partial charge in [-0.3, -0.25) is 9.69 Å². The molecule has 0 bridgehead atoms. The van der Waals surface area contributed by atoms with Crippen LogP contribution in [-0.4, -0.2) is 35.4 Å². The van der Waals surface area contributed by atoms with Crippen molar-refractivity contribution in [3.05, 3.63) is 56.0 Å². The standard InChI is InChI=1S/C21H21N3OS2/c1-14-22-18(13-27-14)15-2-3-19-16(10-15)4-8-24(19)21(25)12-23-7-5-20-17(11-23)6-9-26-20/h2-3,6,9-10,13H,4-5,7-8,11-12H2,1H3. The third-order valence-electron chi connectivity index (χ3n) is 5.44. The Morgan fingerprint density at radius 3 is 2.93 bits per heavy atom. The molecular formula is C21H21N3OS2. The number of aryl methyl sites for hydroxylation is 1. The van der Waals surface area contributed by atoms with E-state index in [-0.39, 0.29) is 5.91 Å². The van der Waals surface area contributed by atoms with Crippen LogP contribution in [0.3, 0.4) is 0 Å². The Balaban J connectivity index is 1.31. The summed E-state index contributed by atoms with van der Waals surface area (Å²) >= 11 is 3.51. The van der Waals surface area contributed by atoms with Gasteiger partial charge in [0.1, 0.15) is 0 Å². The second-order valence-corrected chi connectivity index (χ2v) is 9.28. The second kappa shape index (κ2) is 6.86. The molecule has 0 saturated heterocycles. The van der Waals surface area contributed by atoms with Crippen molar-refractivity contribution in [2.75, 3.05) is 24.5 Å². The maximum absolute atomic E-state index is 13.0. The van der Waals surface area contributed by atoms with E-state index in [0.29, 0.717) is 6.54 Å². The lowest BCUT2D eigenvalue weighted by Crippen LogP contribution is -2.41. The first-order valence-electron chi connectivity index (χ1n) is 9.31. The largest absolute Gasteiger partial charge is 0.311 e. The van der Waals surface area contributed by atoms with Crippen LogP contribution in [0.25, 0.3) is 11.3 Å². The average Bonchev–Trinajstić information content (AvgIpc) is 3.39. The monoisotopic (exact) mass is 395 g/mol. The van der Waals surface area contributed by atoms with Gasteiger partial charge < -0.3 is 4.90 Å². The van der Waals surface area contributed by atoms with Crippen molar-refractivity contribution in [2.24, 2.45) is 0 Å². The van der Waals surface area contributed by atoms with E-state index in [4.69, 9.17) is 0 Å². The van der Waals surface area contributed by atoms with Crippen LogP contribution >= 0.6 is 22.7 Å². The Morgan fingerprint density at radius 1 is 1.15 bits per heavy atom. The van der Waals surface area contributed by atoms with E-state index >= 15 is 0 Å². The molecule has 0 atom stereocenters. The van der Waals surface area contributed by atoms with Crippen molar-refractivity contribution < 1.29 is 4.79 Å². The van der Waals surface area contributed by atoms with E-state index in [1.54, 1.807) is 11.3 Å². The van der Waals surface area contributed by atoms with Crippen LogP contribution in [0, 0.1) is 6.92 Å². The molecule has 0 N–H and O–H groups in total. The summed E-state index contributed by atoms with van der Waals surface area (Å²) in [6, 6.07) is 8.59. The molecule has 0 fully saturated rings. The number of hydrogen-bond donors (Lipinski definition) is 0. The molecule has 5 rings (SSSR count). The van der Waals surface area contributed by atoms with E-state index in [1.807, 2.05) is 23.2 Å². The summed E-state index contributed by atoms with van der Waals surface area (Å²) < 4.78 is 0. The number of aromatic nitrogens is 1. The van der Waals surface area contributed by atoms with Gasteiger partial charge in [-0.2, -0.15) is 0 Å². The highest BCUT2D eigenvalue weighted by Gasteiger charge is 2.27. The number of carbonyl (C=O) groups is 1. The third-order valence-corrected chi connectivity index (χ3v) is 7.23. The lowest BCUT2D eigenvalue weighted by Gasteiger charge is -2.28. The summed E-state index contributed by atoms with van der Waals surface area (Å²) in [4.78, 5) is 23.3. The minimum atomic E-state index is 0.213. The molecule has 1 aromatic carbocycles. The normalized spacial score (nSPS) is 16.4. The summed E-state index contributed by atoms with van der Waals surface area (Å²) in [5.41, 5.74) is 5.90. The SMILES string of the molecule is Cc1nc(-c2ccc3c(c2)CCN3C(=O)CN2CCc3sccc3C2)cs1. The first kappa shape index (κ1) is 17.1. The summed E-state index contributed by atoms with van der Waals surface area (Å²) in [5, 5.41) is 5.34. The molecule has 4 heterocycles. The number of hydrogen-bond acceptors (Lipinski definition) is 5. The van der Waals surface area contributed by atoms with Crippen LogP contribution in [0.1, 0.15) is 21.0 Å². The summed E-state index contributed by atoms with van der Waals surface area (Å²) in [5.74, 6) is 0.213. The van der Waals surface area contributed by atoms with Crippen LogP contribution in [0.2, 0.25) is 0 Å². The first-order chi connectivity index (χ1) is 13.2. The Kier molecular flexibility index (Phi) is 4.34. The maximum Gasteiger partial charge on any atom is 0.241 e. The highest BCUT2D eigenvalue weighted by molar-refractivity contribution is 7.10. The Morgan fingerprint density at radius 2 is 2.07 bits per heavy atom. The highest BCUT2D eigenvalue weighted by atomic mass is 32.1. The van der Waals surface area contributed by atoms with Gasteiger partial charge in [-0.15, -0.1) is 22.7 Å². The van der Waals surface area contributed by atoms with E-state index in [1.165, 1.54) is 16.0 Å². The smallest absolute Gasteiger partial charge is 0.241 e. The van der Waals surface area contributed by atoms with Crippen molar-refractivity contribution in [1.29, 1.82) is 0 Å². The van der Waals surface area contributed by atoms with Crippen LogP contribution in [-0.2, 0) is 24.2 Å². The molecule has 4 nitrogen and oxygen atoms in total. The van der Waals surface area contributed by atoms with Gasteiger partial charge in [0, 0.05) is 41.1 Å². The number of thiazole rings is 1. The molecule has 1 amide bonds. The van der Waals surface area contributed by atoms with Gasteiger partial charge in [0.05, 0.1) is 17.2 Å². The number of thiophene rings is 1. The van der Waals surface area contributed by atoms with Crippen molar-refractivity contribution >= 4 is 34.3 Å². The summed E-state index contributed by atoms with van der Waals surface area (Å²) in [6.07, 6.45) is 1.99. The molecule has 0 radical (unpaired) electrons. The van der Waals surface area contributed by atoms with Gasteiger partial charge in [-0.1, -0.05) is 6.07 Å². The lowest BCUT2D eigenvalue weighted by atomic mass is 10.1. The van der Waals surface area contributed by atoms with Crippen molar-refractivity contribution in [2.45, 2.75) is 26.3 Å². The van der Waals surface area contributed by atoms with Gasteiger partial charge in [0.15, 0.2) is 0 Å². The number of carbonyl (C=O) groups excluding carboxylic acids is 1. The molecule has 0 aliphatic carbocycles. The molecular weight excluding hydrogens is 374 g/mol. The zero-order valence-electron chi connectivity index (χ0n) is 15.3. The molecule has 3 aromatic rings. The predicted molar refractivity (Wildman–Crippen MR) is 112 cm³/mol. The minimum Gasteiger partial charge on any atom is -0.311 e. The number of rotatable bonds is 3. The molecule has 2 aliphatic heterocycles. The molecule has 6 heteroatoms. The van der Waals surface area contributed by atoms with Gasteiger partial charge in [-0.25, -0.2) is 4.98 Å². The van der Waals surface area contributed by atoms with Crippen molar-refractivity contribution in [1.82, 2.24) is 9.88 Å². The fourth-order valence-corrected chi connectivity index (χ4v) is 5.55. The lowest BCUT2D eigenvalue weighted by molar-refractivity contribution is -0.119. The quantitative estimate of drug-likeness (QED) is 0.669. The number of nitrogens with zero attached hydrogens (tertiary/aromatic N) is 3. The van der Waals surface area contributed by atoms with Crippen LogP contribution < -0.4 is 4.90 Å². The topological polar surface area (TPSA) is 36.4 Å². The molecule has 138 valence electrons. The van der Waals surface area contributed by atoms with E-state index in [9.17, 15) is 4.79 Å². The number of amides is 1. The van der Waals surface area contributed by atoms with E-state index < -0.39 is 0 Å². The van der Waals surface area contributed by atoms with E-state index in [2.05, 4.69) is 44.9 Å². The van der Waals surface area contributed by atoms with Gasteiger partial charge in [-0.05, 0) is 54.5 Å². The Hall–Kier alpha value is -2.02. The predicted octanol–water partition coefficient (Wildman–Crippen LogP) is 4.13. The number of benzene rings is 1. The van der Waals surface area contributed by atoms with Crippen LogP contribution in [0.15, 0.2) is 35.0 Å². The molecule has 0 unspecified atom stereocenters. The second-order valence-electron chi connectivity index (χ2n) is 7.22. The minimum absolute atomic E-state index is 0.213. The zero-order valence-corrected chi connectivity index (χ0v) is 16.9. The molecule has 2 aromatic heterocycles. The van der Waals surface area contributed by atoms with Crippen LogP contribution in [0.4, 0.5) is 5.69 Å². The average molecular weight is 396 g/mol. The third kappa shape index (κ3) is 3.22. The maximum atomic E-state index is 13.0. The molecule has 0 saturated carbocycles. The number of anilines is 1. The van der Waals surface area contributed by atoms with Crippen molar-refractivity contribution in [3.8, 4) is 11.3 Å². The van der Waals surface area contributed by atoms with Gasteiger partial charge >= 0.3 is 0 Å². The van der Waals surface area contributed by atoms with Gasteiger partial charge in [0.2, 0.25) is 5.91 Å². The summed E-state index contributed by atoms with van der Waals surface area (Å²) in [6.45, 7) is 5.18. The van der Waals surface area contributed by atoms with Gasteiger partial charge in [0.25, 0.3) is 0 Å². The van der Waals surface area contributed by atoms with Crippen LogP contribution in [0.5, 0.6) is 0 Å². The molecule has 2 aliphatic rings. The Labute approximate surface area is 167 Å². The Bertz CT molecular complexity index is 1010. The van der Waals surface area contributed by atoms with Crippen molar-refractivity contribution in [3.63, 3.8) is 0 Å². The molecule has 0 spiro atoms. The first-order valence-corrected chi connectivity index (χ1v) is 11.1.